The second kappa shape index (κ2) is 9.18. The molecule has 0 spiro atoms. The summed E-state index contributed by atoms with van der Waals surface area (Å²) in [6.45, 7) is 15.3. The summed E-state index contributed by atoms with van der Waals surface area (Å²) in [6.07, 6.45) is -1.40. The number of ether oxygens (including phenoxy) is 2. The van der Waals surface area contributed by atoms with E-state index < -0.39 is 12.2 Å². The van der Waals surface area contributed by atoms with Crippen LogP contribution in [0, 0.1) is 35.5 Å². The van der Waals surface area contributed by atoms with Crippen molar-refractivity contribution in [2.24, 2.45) is 35.5 Å². The minimum Gasteiger partial charge on any atom is -0.461 e. The predicted octanol–water partition coefficient (Wildman–Crippen LogP) is 2.40. The van der Waals surface area contributed by atoms with Gasteiger partial charge < -0.3 is 19.7 Å². The van der Waals surface area contributed by atoms with Crippen molar-refractivity contribution in [1.82, 2.24) is 0 Å². The number of carbonyl (C=O) groups is 2. The molecule has 0 aromatic rings. The molecule has 2 saturated heterocycles. The summed E-state index contributed by atoms with van der Waals surface area (Å²) in [5.74, 6) is -0.716. The van der Waals surface area contributed by atoms with Gasteiger partial charge in [-0.3, -0.25) is 9.59 Å². The fraction of sp³-hybridized carbons (Fsp3) is 0.900. The van der Waals surface area contributed by atoms with Gasteiger partial charge in [-0.2, -0.15) is 0 Å². The lowest BCUT2D eigenvalue weighted by Gasteiger charge is -2.38. The normalized spacial score (nSPS) is 40.6. The molecular weight excluding hydrogens is 336 g/mol. The third kappa shape index (κ3) is 4.97. The molecule has 0 bridgehead atoms. The topological polar surface area (TPSA) is 93.1 Å². The third-order valence-corrected chi connectivity index (χ3v) is 5.70. The number of hydrogen-bond acceptors (Lipinski definition) is 6. The molecule has 0 aliphatic carbocycles. The summed E-state index contributed by atoms with van der Waals surface area (Å²) in [5.41, 5.74) is 0. The van der Waals surface area contributed by atoms with Crippen molar-refractivity contribution >= 4 is 11.9 Å². The molecule has 2 rings (SSSR count). The number of cyclic esters (lactones) is 2. The van der Waals surface area contributed by atoms with Gasteiger partial charge in [0.15, 0.2) is 0 Å². The smallest absolute Gasteiger partial charge is 0.311 e. The van der Waals surface area contributed by atoms with Gasteiger partial charge in [0.2, 0.25) is 0 Å². The van der Waals surface area contributed by atoms with Crippen LogP contribution in [0.4, 0.5) is 0 Å². The van der Waals surface area contributed by atoms with Gasteiger partial charge in [-0.1, -0.05) is 41.5 Å². The predicted molar refractivity (Wildman–Crippen MR) is 98.1 cm³/mol. The van der Waals surface area contributed by atoms with Crippen LogP contribution in [-0.4, -0.2) is 46.6 Å². The van der Waals surface area contributed by atoms with Crippen molar-refractivity contribution in [2.45, 2.75) is 79.8 Å². The molecule has 6 heteroatoms. The highest BCUT2D eigenvalue weighted by Crippen LogP contribution is 2.31. The number of esters is 2. The number of aliphatic hydroxyl groups excluding tert-OH is 2. The molecule has 0 amide bonds. The van der Waals surface area contributed by atoms with Gasteiger partial charge in [-0.15, -0.1) is 0 Å². The van der Waals surface area contributed by atoms with Crippen LogP contribution in [0.15, 0.2) is 0 Å². The van der Waals surface area contributed by atoms with Gasteiger partial charge in [-0.05, 0) is 25.7 Å². The SMILES string of the molecule is CC(C)[C@@H]1OC(=O)[C@@H](C)[C@@H](O)[C@H]1C.CC(C)[C@@H]1OC(=O)[C@@H](C)[C@@H](O)[C@H]1C. The summed E-state index contributed by atoms with van der Waals surface area (Å²) >= 11 is 0. The standard InChI is InChI=1S/2C10H18O3/c2*1-5(2)9-6(3)8(11)7(4)10(12)13-9/h2*5-9,11H,1-4H3/t2*6-,7+,8+,9+/m11/s1. The van der Waals surface area contributed by atoms with Crippen LogP contribution in [0.2, 0.25) is 0 Å². The summed E-state index contributed by atoms with van der Waals surface area (Å²) in [4.78, 5) is 22.6. The first-order chi connectivity index (χ1) is 11.9. The van der Waals surface area contributed by atoms with E-state index in [0.717, 1.165) is 0 Å². The molecule has 8 atom stereocenters. The largest absolute Gasteiger partial charge is 0.461 e. The third-order valence-electron chi connectivity index (χ3n) is 5.70. The first-order valence-electron chi connectivity index (χ1n) is 9.67. The Kier molecular flexibility index (Phi) is 8.08. The Hall–Kier alpha value is -1.14. The molecule has 2 fully saturated rings. The second-order valence-corrected chi connectivity index (χ2v) is 8.57. The second-order valence-electron chi connectivity index (χ2n) is 8.57. The van der Waals surface area contributed by atoms with E-state index in [0.29, 0.717) is 0 Å². The van der Waals surface area contributed by atoms with E-state index in [1.807, 2.05) is 41.5 Å². The Morgan fingerprint density at radius 3 is 1.19 bits per heavy atom. The fourth-order valence-corrected chi connectivity index (χ4v) is 3.76. The van der Waals surface area contributed by atoms with Gasteiger partial charge in [0.25, 0.3) is 0 Å². The van der Waals surface area contributed by atoms with Gasteiger partial charge >= 0.3 is 11.9 Å². The summed E-state index contributed by atoms with van der Waals surface area (Å²) in [5, 5.41) is 19.5. The average molecular weight is 373 g/mol. The van der Waals surface area contributed by atoms with Crippen molar-refractivity contribution in [3.05, 3.63) is 0 Å². The number of carbonyl (C=O) groups excluding carboxylic acids is 2. The van der Waals surface area contributed by atoms with E-state index >= 15 is 0 Å². The number of rotatable bonds is 2. The molecule has 152 valence electrons. The molecule has 26 heavy (non-hydrogen) atoms. The van der Waals surface area contributed by atoms with Crippen LogP contribution < -0.4 is 0 Å². The fourth-order valence-electron chi connectivity index (χ4n) is 3.76. The van der Waals surface area contributed by atoms with Crippen LogP contribution >= 0.6 is 0 Å². The lowest BCUT2D eigenvalue weighted by atomic mass is 9.82. The zero-order chi connectivity index (χ0) is 20.3. The Balaban J connectivity index is 0.000000260. The average Bonchev–Trinajstić information content (AvgIpc) is 2.57. The minimum absolute atomic E-state index is 0.0349. The summed E-state index contributed by atoms with van der Waals surface area (Å²) in [6, 6.07) is 0. The van der Waals surface area contributed by atoms with Gasteiger partial charge in [0.1, 0.15) is 12.2 Å². The minimum atomic E-state index is -0.561. The lowest BCUT2D eigenvalue weighted by Crippen LogP contribution is -2.48. The maximum absolute atomic E-state index is 11.3. The van der Waals surface area contributed by atoms with Crippen molar-refractivity contribution in [1.29, 1.82) is 0 Å². The van der Waals surface area contributed by atoms with Gasteiger partial charge in [0, 0.05) is 11.8 Å². The molecule has 2 N–H and O–H groups in total. The molecule has 2 heterocycles. The number of aliphatic hydroxyl groups is 2. The quantitative estimate of drug-likeness (QED) is 0.723. The van der Waals surface area contributed by atoms with Crippen molar-refractivity contribution in [3.63, 3.8) is 0 Å². The van der Waals surface area contributed by atoms with E-state index in [1.54, 1.807) is 13.8 Å². The van der Waals surface area contributed by atoms with Crippen LogP contribution in [0.25, 0.3) is 0 Å². The molecule has 2 aliphatic rings. The van der Waals surface area contributed by atoms with Crippen molar-refractivity contribution in [2.75, 3.05) is 0 Å². The zero-order valence-corrected chi connectivity index (χ0v) is 17.3. The van der Waals surface area contributed by atoms with Gasteiger partial charge in [0.05, 0.1) is 24.0 Å². The highest BCUT2D eigenvalue weighted by Gasteiger charge is 2.42. The summed E-state index contributed by atoms with van der Waals surface area (Å²) < 4.78 is 10.5. The van der Waals surface area contributed by atoms with E-state index in [9.17, 15) is 19.8 Å². The van der Waals surface area contributed by atoms with E-state index in [4.69, 9.17) is 9.47 Å². The molecule has 0 aromatic carbocycles. The molecule has 0 unspecified atom stereocenters. The maximum Gasteiger partial charge on any atom is 0.311 e. The lowest BCUT2D eigenvalue weighted by molar-refractivity contribution is -0.182. The highest BCUT2D eigenvalue weighted by atomic mass is 16.6. The molecule has 0 saturated carbocycles. The highest BCUT2D eigenvalue weighted by molar-refractivity contribution is 5.74. The van der Waals surface area contributed by atoms with Crippen LogP contribution in [-0.2, 0) is 19.1 Å². The first kappa shape index (κ1) is 22.9. The Labute approximate surface area is 157 Å². The van der Waals surface area contributed by atoms with Crippen LogP contribution in [0.5, 0.6) is 0 Å². The van der Waals surface area contributed by atoms with Crippen LogP contribution in [0.1, 0.15) is 55.4 Å². The number of hydrogen-bond donors (Lipinski definition) is 2. The van der Waals surface area contributed by atoms with E-state index in [1.165, 1.54) is 0 Å². The molecule has 0 aromatic heterocycles. The van der Waals surface area contributed by atoms with E-state index in [-0.39, 0.29) is 59.7 Å². The zero-order valence-electron chi connectivity index (χ0n) is 17.3. The molecular formula is C20H36O6. The maximum atomic E-state index is 11.3. The monoisotopic (exact) mass is 372 g/mol. The molecule has 6 nitrogen and oxygen atoms in total. The van der Waals surface area contributed by atoms with Crippen molar-refractivity contribution in [3.8, 4) is 0 Å². The summed E-state index contributed by atoms with van der Waals surface area (Å²) in [7, 11) is 0. The molecule has 2 aliphatic heterocycles. The Morgan fingerprint density at radius 2 is 0.962 bits per heavy atom. The first-order valence-corrected chi connectivity index (χ1v) is 9.67. The molecule has 0 radical (unpaired) electrons. The van der Waals surface area contributed by atoms with E-state index in [2.05, 4.69) is 0 Å². The van der Waals surface area contributed by atoms with Gasteiger partial charge in [-0.25, -0.2) is 0 Å². The van der Waals surface area contributed by atoms with Crippen LogP contribution in [0.3, 0.4) is 0 Å². The Bertz CT molecular complexity index is 445. The Morgan fingerprint density at radius 1 is 0.692 bits per heavy atom. The van der Waals surface area contributed by atoms with Crippen molar-refractivity contribution < 1.29 is 29.3 Å².